The summed E-state index contributed by atoms with van der Waals surface area (Å²) in [5, 5.41) is 41.9. The number of unbranched alkanes of at least 4 members (excludes halogenated alkanes) is 8. The van der Waals surface area contributed by atoms with Crippen molar-refractivity contribution in [2.24, 2.45) is 11.8 Å². The van der Waals surface area contributed by atoms with Gasteiger partial charge < -0.3 is 0 Å². The first-order valence-electron chi connectivity index (χ1n) is 21.4. The summed E-state index contributed by atoms with van der Waals surface area (Å²) >= 11 is 3.81. The van der Waals surface area contributed by atoms with Gasteiger partial charge in [-0.1, -0.05) is 105 Å². The van der Waals surface area contributed by atoms with Gasteiger partial charge in [0, 0.05) is 23.9 Å². The van der Waals surface area contributed by atoms with E-state index in [1.165, 1.54) is 9.13 Å². The summed E-state index contributed by atoms with van der Waals surface area (Å²) in [6.45, 7) is 8.84. The molecular weight excluding hydrogens is 829 g/mol. The molecule has 2 unspecified atom stereocenters. The van der Waals surface area contributed by atoms with Crippen LogP contribution in [0.4, 0.5) is 0 Å². The first-order valence-corrected chi connectivity index (χ1v) is 24.7. The molecule has 0 aliphatic rings. The highest BCUT2D eigenvalue weighted by Gasteiger charge is 2.31. The molecule has 2 atom stereocenters. The van der Waals surface area contributed by atoms with E-state index in [0.717, 1.165) is 148 Å². The molecule has 0 fully saturated rings. The molecule has 2 aromatic carbocycles. The van der Waals surface area contributed by atoms with Crippen molar-refractivity contribution in [3.63, 3.8) is 0 Å². The summed E-state index contributed by atoms with van der Waals surface area (Å²) in [4.78, 5) is 61.0. The highest BCUT2D eigenvalue weighted by Crippen LogP contribution is 2.47. The van der Waals surface area contributed by atoms with Gasteiger partial charge in [0.15, 0.2) is 0 Å². The van der Waals surface area contributed by atoms with Crippen molar-refractivity contribution in [3.8, 4) is 24.3 Å². The smallest absolute Gasteiger partial charge is 0.262 e. The van der Waals surface area contributed by atoms with Gasteiger partial charge in [0.25, 0.3) is 22.2 Å². The molecule has 0 saturated carbocycles. The Morgan fingerprint density at radius 3 is 0.917 bits per heavy atom. The van der Waals surface area contributed by atoms with Crippen LogP contribution in [-0.2, 0) is 13.1 Å². The maximum atomic E-state index is 15.2. The number of pyridine rings is 2. The molecule has 0 aliphatic carbocycles. The normalized spacial score (nSPS) is 12.6. The summed E-state index contributed by atoms with van der Waals surface area (Å²) in [5.74, 6) is 0.0532. The first kappa shape index (κ1) is 44.8. The van der Waals surface area contributed by atoms with Gasteiger partial charge in [-0.25, -0.2) is 0 Å². The predicted molar refractivity (Wildman–Crippen MR) is 249 cm³/mol. The monoisotopic (exact) mass is 878 g/mol. The Labute approximate surface area is 365 Å². The molecule has 0 radical (unpaired) electrons. The largest absolute Gasteiger partial charge is 0.274 e. The van der Waals surface area contributed by atoms with E-state index in [1.54, 1.807) is 0 Å². The van der Waals surface area contributed by atoms with E-state index in [1.807, 2.05) is 0 Å². The molecule has 0 spiro atoms. The highest BCUT2D eigenvalue weighted by molar-refractivity contribution is 7.31. The number of hydrogen-bond donors (Lipinski definition) is 0. The maximum absolute atomic E-state index is 15.2. The molecule has 4 heterocycles. The lowest BCUT2D eigenvalue weighted by atomic mass is 9.93. The van der Waals surface area contributed by atoms with Crippen LogP contribution < -0.4 is 22.2 Å². The maximum Gasteiger partial charge on any atom is 0.262 e. The second-order valence-electron chi connectivity index (χ2n) is 15.9. The minimum atomic E-state index is -0.571. The summed E-state index contributed by atoms with van der Waals surface area (Å²) < 4.78 is 3.83. The highest BCUT2D eigenvalue weighted by atomic mass is 32.1. The molecule has 0 aliphatic heterocycles. The molecule has 0 N–H and O–H groups in total. The Hall–Kier alpha value is -4.70. The fourth-order valence-electron chi connectivity index (χ4n) is 8.68. The van der Waals surface area contributed by atoms with Crippen LogP contribution in [-0.4, -0.2) is 9.13 Å². The van der Waals surface area contributed by atoms with Crippen molar-refractivity contribution in [3.05, 3.63) is 60.9 Å². The number of rotatable bonds is 20. The lowest BCUT2D eigenvalue weighted by Gasteiger charge is -2.22. The Morgan fingerprint density at radius 2 is 0.667 bits per heavy atom. The topological polar surface area (TPSA) is 173 Å². The Kier molecular flexibility index (Phi) is 15.1. The summed E-state index contributed by atoms with van der Waals surface area (Å²) in [6, 6.07) is 8.47. The molecule has 6 rings (SSSR count). The SMILES string of the molecule is CCCCCCC(CCCC)Cn1c(=O)c2c3sc(C#N)c(C#N)sc3c3c(=O)n(CC(CCCC)CCCCCC)c(=O)c4c5sc(C#N)c(C#N)sc5c(c1=O)c2c34. The Balaban J connectivity index is 1.83. The Bertz CT molecular complexity index is 2640. The number of nitriles is 4. The zero-order chi connectivity index (χ0) is 43.1. The van der Waals surface area contributed by atoms with Gasteiger partial charge in [0.05, 0.1) is 40.3 Å². The number of aromatic nitrogens is 2. The average Bonchev–Trinajstić information content (AvgIpc) is 3.26. The van der Waals surface area contributed by atoms with Crippen LogP contribution in [0, 0.1) is 57.2 Å². The van der Waals surface area contributed by atoms with Gasteiger partial charge in [-0.15, -0.1) is 45.3 Å². The molecule has 6 aromatic rings. The van der Waals surface area contributed by atoms with E-state index in [2.05, 4.69) is 52.0 Å². The third kappa shape index (κ3) is 8.46. The van der Waals surface area contributed by atoms with Gasteiger partial charge in [-0.3, -0.25) is 28.3 Å². The molecule has 10 nitrogen and oxygen atoms in total. The fraction of sp³-hybridized carbons (Fsp3) is 0.522. The van der Waals surface area contributed by atoms with E-state index >= 15 is 19.2 Å². The van der Waals surface area contributed by atoms with E-state index in [9.17, 15) is 21.0 Å². The van der Waals surface area contributed by atoms with Crippen molar-refractivity contribution in [2.45, 2.75) is 144 Å². The van der Waals surface area contributed by atoms with Crippen molar-refractivity contribution >= 4 is 96.5 Å². The van der Waals surface area contributed by atoms with Gasteiger partial charge in [-0.2, -0.15) is 21.0 Å². The molecule has 0 bridgehead atoms. The molecule has 14 heteroatoms. The lowest BCUT2D eigenvalue weighted by molar-refractivity contribution is 0.356. The van der Waals surface area contributed by atoms with Crippen LogP contribution >= 0.6 is 45.3 Å². The average molecular weight is 879 g/mol. The van der Waals surface area contributed by atoms with Crippen LogP contribution in [0.1, 0.15) is 150 Å². The first-order chi connectivity index (χ1) is 29.1. The second kappa shape index (κ2) is 20.2. The summed E-state index contributed by atoms with van der Waals surface area (Å²) in [5.41, 5.74) is -2.28. The van der Waals surface area contributed by atoms with Gasteiger partial charge in [-0.05, 0) is 37.5 Å². The van der Waals surface area contributed by atoms with E-state index in [-0.39, 0.29) is 76.8 Å². The third-order valence-corrected chi connectivity index (χ3v) is 16.8. The second-order valence-corrected chi connectivity index (χ2v) is 20.0. The van der Waals surface area contributed by atoms with Crippen LogP contribution in [0.3, 0.4) is 0 Å². The van der Waals surface area contributed by atoms with Crippen molar-refractivity contribution < 1.29 is 0 Å². The van der Waals surface area contributed by atoms with E-state index in [0.29, 0.717) is 18.8 Å². The predicted octanol–water partition coefficient (Wildman–Crippen LogP) is 11.8. The van der Waals surface area contributed by atoms with Crippen molar-refractivity contribution in [1.29, 1.82) is 21.0 Å². The number of nitrogens with zero attached hydrogens (tertiary/aromatic N) is 6. The summed E-state index contributed by atoms with van der Waals surface area (Å²) in [7, 11) is 0. The fourth-order valence-corrected chi connectivity index (χ4v) is 13.2. The van der Waals surface area contributed by atoms with Crippen LogP contribution in [0.25, 0.3) is 51.1 Å². The number of fused-ring (bicyclic) bond motifs is 6. The van der Waals surface area contributed by atoms with E-state index in [4.69, 9.17) is 0 Å². The Morgan fingerprint density at radius 1 is 0.400 bits per heavy atom. The third-order valence-electron chi connectivity index (χ3n) is 11.8. The molecule has 4 aromatic heterocycles. The zero-order valence-corrected chi connectivity index (χ0v) is 38.1. The molecular formula is C46H50N6O4S4. The number of benzene rings is 2. The van der Waals surface area contributed by atoms with Crippen molar-refractivity contribution in [1.82, 2.24) is 9.13 Å². The van der Waals surface area contributed by atoms with Crippen LogP contribution in [0.2, 0.25) is 0 Å². The molecule has 312 valence electrons. The summed E-state index contributed by atoms with van der Waals surface area (Å²) in [6.07, 6.45) is 15.4. The molecule has 0 amide bonds. The minimum absolute atomic E-state index is 0.0266. The van der Waals surface area contributed by atoms with Gasteiger partial charge >= 0.3 is 0 Å². The zero-order valence-electron chi connectivity index (χ0n) is 34.8. The van der Waals surface area contributed by atoms with Crippen LogP contribution in [0.5, 0.6) is 0 Å². The van der Waals surface area contributed by atoms with Gasteiger partial charge in [0.1, 0.15) is 43.8 Å². The van der Waals surface area contributed by atoms with Gasteiger partial charge in [0.2, 0.25) is 0 Å². The lowest BCUT2D eigenvalue weighted by Crippen LogP contribution is -2.38. The quantitative estimate of drug-likeness (QED) is 0.0414. The number of hydrogen-bond acceptors (Lipinski definition) is 12. The van der Waals surface area contributed by atoms with Crippen molar-refractivity contribution in [2.75, 3.05) is 0 Å². The molecule has 60 heavy (non-hydrogen) atoms. The standard InChI is InChI=1S/C46H50N6O4S4/c1-5-9-13-15-19-27(17-11-7-3)25-51-43(53)35-33-34-37(41-39(35)57-29(21-47)31(23-49)59-41)45(55)52(26-28(18-12-8-4)20-16-14-10-6-2)46(56)38(34)42-40(36(33)44(51)54)58-30(22-48)32(24-50)60-42/h27-28H,5-20,25-26H2,1-4H3. The van der Waals surface area contributed by atoms with E-state index < -0.39 is 22.2 Å². The van der Waals surface area contributed by atoms with Crippen LogP contribution in [0.15, 0.2) is 19.2 Å². The molecule has 0 saturated heterocycles. The minimum Gasteiger partial charge on any atom is -0.274 e.